The minimum Gasteiger partial charge on any atom is -0.496 e. The van der Waals surface area contributed by atoms with Gasteiger partial charge in [-0.05, 0) is 37.1 Å². The fourth-order valence-electron chi connectivity index (χ4n) is 2.51. The first-order valence-electron chi connectivity index (χ1n) is 7.87. The number of hydrogen-bond acceptors (Lipinski definition) is 3. The highest BCUT2D eigenvalue weighted by Crippen LogP contribution is 2.25. The van der Waals surface area contributed by atoms with E-state index in [0.717, 1.165) is 11.3 Å². The lowest BCUT2D eigenvalue weighted by Crippen LogP contribution is -2.31. The summed E-state index contributed by atoms with van der Waals surface area (Å²) in [5, 5.41) is 3.92. The van der Waals surface area contributed by atoms with Crippen molar-refractivity contribution >= 4 is 29.1 Å². The van der Waals surface area contributed by atoms with E-state index in [0.29, 0.717) is 35.3 Å². The highest BCUT2D eigenvalue weighted by molar-refractivity contribution is 6.36. The minimum absolute atomic E-state index is 0.116. The molecule has 0 fully saturated rings. The molecular weight excluding hydrogens is 363 g/mol. The number of aromatic nitrogens is 1. The van der Waals surface area contributed by atoms with E-state index in [-0.39, 0.29) is 17.9 Å². The van der Waals surface area contributed by atoms with Gasteiger partial charge in [0, 0.05) is 41.3 Å². The number of benzene rings is 1. The van der Waals surface area contributed by atoms with Gasteiger partial charge in [0.05, 0.1) is 7.11 Å². The van der Waals surface area contributed by atoms with Crippen LogP contribution in [0.2, 0.25) is 10.0 Å². The molecule has 0 saturated heterocycles. The average Bonchev–Trinajstić information content (AvgIpc) is 2.56. The number of carbonyl (C=O) groups excluding carboxylic acids is 1. The molecule has 1 heterocycles. The van der Waals surface area contributed by atoms with Crippen LogP contribution < -0.4 is 15.6 Å². The number of hydrogen-bond donors (Lipinski definition) is 1. The van der Waals surface area contributed by atoms with E-state index in [9.17, 15) is 9.59 Å². The van der Waals surface area contributed by atoms with Gasteiger partial charge >= 0.3 is 0 Å². The number of halogens is 2. The Balaban J connectivity index is 1.86. The second-order valence-electron chi connectivity index (χ2n) is 5.58. The second kappa shape index (κ2) is 8.92. The number of nitrogens with zero attached hydrogens (tertiary/aromatic N) is 1. The number of amides is 1. The van der Waals surface area contributed by atoms with Crippen LogP contribution >= 0.6 is 23.2 Å². The van der Waals surface area contributed by atoms with Gasteiger partial charge in [-0.1, -0.05) is 29.3 Å². The average molecular weight is 383 g/mol. The number of ether oxygens (including phenoxy) is 1. The standard InChI is InChI=1S/C18H20Cl2N2O3/c1-12-10-13(25-2)11-18(24)22(12)9-8-21-17(23)7-6-14-15(19)4-3-5-16(14)20/h3-5,10-11H,6-9H2,1-2H3,(H,21,23). The van der Waals surface area contributed by atoms with Crippen LogP contribution in [0, 0.1) is 6.92 Å². The predicted octanol–water partition coefficient (Wildman–Crippen LogP) is 3.22. The third-order valence-electron chi connectivity index (χ3n) is 3.87. The maximum atomic E-state index is 12.0. The van der Waals surface area contributed by atoms with Crippen molar-refractivity contribution in [3.8, 4) is 5.75 Å². The van der Waals surface area contributed by atoms with Crippen molar-refractivity contribution in [2.45, 2.75) is 26.3 Å². The Morgan fingerprint density at radius 2 is 1.92 bits per heavy atom. The second-order valence-corrected chi connectivity index (χ2v) is 6.39. The zero-order chi connectivity index (χ0) is 18.4. The molecule has 1 aromatic heterocycles. The summed E-state index contributed by atoms with van der Waals surface area (Å²) in [6, 6.07) is 8.47. The summed E-state index contributed by atoms with van der Waals surface area (Å²) in [6.07, 6.45) is 0.742. The molecule has 1 amide bonds. The summed E-state index contributed by atoms with van der Waals surface area (Å²) < 4.78 is 6.65. The summed E-state index contributed by atoms with van der Waals surface area (Å²) in [5.41, 5.74) is 1.39. The molecule has 0 radical (unpaired) electrons. The van der Waals surface area contributed by atoms with E-state index in [1.807, 2.05) is 6.92 Å². The molecule has 2 rings (SSSR count). The summed E-state index contributed by atoms with van der Waals surface area (Å²) in [7, 11) is 1.52. The van der Waals surface area contributed by atoms with Gasteiger partial charge in [0.25, 0.3) is 5.56 Å². The molecule has 0 saturated carbocycles. The van der Waals surface area contributed by atoms with E-state index >= 15 is 0 Å². The van der Waals surface area contributed by atoms with Gasteiger partial charge in [-0.2, -0.15) is 0 Å². The molecule has 0 bridgehead atoms. The van der Waals surface area contributed by atoms with E-state index in [4.69, 9.17) is 27.9 Å². The first-order valence-corrected chi connectivity index (χ1v) is 8.63. The summed E-state index contributed by atoms with van der Waals surface area (Å²) in [6.45, 7) is 2.58. The quantitative estimate of drug-likeness (QED) is 0.799. The topological polar surface area (TPSA) is 60.3 Å². The summed E-state index contributed by atoms with van der Waals surface area (Å²) >= 11 is 12.2. The Kier molecular flexibility index (Phi) is 6.91. The van der Waals surface area contributed by atoms with Crippen molar-refractivity contribution in [1.82, 2.24) is 9.88 Å². The summed E-state index contributed by atoms with van der Waals surface area (Å²) in [5.74, 6) is 0.412. The lowest BCUT2D eigenvalue weighted by Gasteiger charge is -2.12. The molecule has 0 aliphatic heterocycles. The number of nitrogens with one attached hydrogen (secondary N) is 1. The third kappa shape index (κ3) is 5.25. The molecule has 0 unspecified atom stereocenters. The van der Waals surface area contributed by atoms with Crippen LogP contribution in [0.1, 0.15) is 17.7 Å². The molecule has 7 heteroatoms. The van der Waals surface area contributed by atoms with Crippen LogP contribution in [-0.4, -0.2) is 24.1 Å². The highest BCUT2D eigenvalue weighted by atomic mass is 35.5. The maximum absolute atomic E-state index is 12.0. The van der Waals surface area contributed by atoms with Gasteiger partial charge in [-0.15, -0.1) is 0 Å². The third-order valence-corrected chi connectivity index (χ3v) is 4.57. The van der Waals surface area contributed by atoms with Crippen molar-refractivity contribution in [1.29, 1.82) is 0 Å². The smallest absolute Gasteiger partial charge is 0.254 e. The number of pyridine rings is 1. The lowest BCUT2D eigenvalue weighted by atomic mass is 10.1. The van der Waals surface area contributed by atoms with Crippen LogP contribution in [0.5, 0.6) is 5.75 Å². The zero-order valence-electron chi connectivity index (χ0n) is 14.1. The molecular formula is C18H20Cl2N2O3. The number of rotatable bonds is 7. The Labute approximate surface area is 156 Å². The molecule has 25 heavy (non-hydrogen) atoms. The van der Waals surface area contributed by atoms with Crippen LogP contribution in [-0.2, 0) is 17.8 Å². The van der Waals surface area contributed by atoms with Crippen molar-refractivity contribution in [3.63, 3.8) is 0 Å². The number of aryl methyl sites for hydroxylation is 1. The molecule has 2 aromatic rings. The SMILES string of the molecule is COc1cc(C)n(CCNC(=O)CCc2c(Cl)cccc2Cl)c(=O)c1. The van der Waals surface area contributed by atoms with Gasteiger partial charge in [0.15, 0.2) is 0 Å². The van der Waals surface area contributed by atoms with E-state index in [2.05, 4.69) is 5.32 Å². The molecule has 1 aromatic carbocycles. The first kappa shape index (κ1) is 19.3. The van der Waals surface area contributed by atoms with Gasteiger partial charge in [-0.25, -0.2) is 0 Å². The van der Waals surface area contributed by atoms with Crippen molar-refractivity contribution in [2.24, 2.45) is 0 Å². The Hall–Kier alpha value is -1.98. The van der Waals surface area contributed by atoms with Crippen molar-refractivity contribution < 1.29 is 9.53 Å². The zero-order valence-corrected chi connectivity index (χ0v) is 15.7. The molecule has 5 nitrogen and oxygen atoms in total. The lowest BCUT2D eigenvalue weighted by molar-refractivity contribution is -0.121. The molecule has 0 aliphatic rings. The molecule has 134 valence electrons. The predicted molar refractivity (Wildman–Crippen MR) is 99.8 cm³/mol. The number of carbonyl (C=O) groups is 1. The van der Waals surface area contributed by atoms with Crippen LogP contribution in [0.15, 0.2) is 35.1 Å². The summed E-state index contributed by atoms with van der Waals surface area (Å²) in [4.78, 5) is 24.0. The van der Waals surface area contributed by atoms with Crippen molar-refractivity contribution in [3.05, 3.63) is 62.0 Å². The Morgan fingerprint density at radius 3 is 2.52 bits per heavy atom. The van der Waals surface area contributed by atoms with E-state index < -0.39 is 0 Å². The molecule has 0 aliphatic carbocycles. The van der Waals surface area contributed by atoms with Gasteiger partial charge in [-0.3, -0.25) is 9.59 Å². The highest BCUT2D eigenvalue weighted by Gasteiger charge is 2.09. The Morgan fingerprint density at radius 1 is 1.24 bits per heavy atom. The molecule has 0 atom stereocenters. The van der Waals surface area contributed by atoms with Crippen LogP contribution in [0.4, 0.5) is 0 Å². The van der Waals surface area contributed by atoms with Crippen LogP contribution in [0.25, 0.3) is 0 Å². The van der Waals surface area contributed by atoms with E-state index in [1.54, 1.807) is 28.8 Å². The fourth-order valence-corrected chi connectivity index (χ4v) is 3.09. The molecule has 1 N–H and O–H groups in total. The minimum atomic E-state index is -0.158. The number of methoxy groups -OCH3 is 1. The molecule has 0 spiro atoms. The monoisotopic (exact) mass is 382 g/mol. The van der Waals surface area contributed by atoms with Gasteiger partial charge < -0.3 is 14.6 Å². The largest absolute Gasteiger partial charge is 0.496 e. The normalized spacial score (nSPS) is 10.6. The van der Waals surface area contributed by atoms with E-state index in [1.165, 1.54) is 13.2 Å². The fraction of sp³-hybridized carbons (Fsp3) is 0.333. The van der Waals surface area contributed by atoms with Crippen molar-refractivity contribution in [2.75, 3.05) is 13.7 Å². The van der Waals surface area contributed by atoms with Gasteiger partial charge in [0.2, 0.25) is 5.91 Å². The van der Waals surface area contributed by atoms with Gasteiger partial charge in [0.1, 0.15) is 5.75 Å². The first-order chi connectivity index (χ1) is 11.9. The maximum Gasteiger partial charge on any atom is 0.254 e. The Bertz CT molecular complexity index is 798. The van der Waals surface area contributed by atoms with Crippen LogP contribution in [0.3, 0.4) is 0 Å².